The van der Waals surface area contributed by atoms with E-state index in [1.54, 1.807) is 0 Å². The number of benzene rings is 1. The summed E-state index contributed by atoms with van der Waals surface area (Å²) in [5.74, 6) is 1.16. The average Bonchev–Trinajstić information content (AvgIpc) is 2.67. The van der Waals surface area contributed by atoms with Crippen LogP contribution < -0.4 is 5.32 Å². The van der Waals surface area contributed by atoms with E-state index >= 15 is 0 Å². The Hall–Kier alpha value is -0.380. The van der Waals surface area contributed by atoms with Crippen LogP contribution in [0.1, 0.15) is 5.56 Å². The van der Waals surface area contributed by atoms with Crippen LogP contribution in [0, 0.1) is 0 Å². The van der Waals surface area contributed by atoms with Gasteiger partial charge < -0.3 is 0 Å². The molecule has 0 saturated carbocycles. The van der Waals surface area contributed by atoms with Crippen LogP contribution in [-0.4, -0.2) is 22.5 Å². The van der Waals surface area contributed by atoms with Crippen LogP contribution >= 0.6 is 24.0 Å². The van der Waals surface area contributed by atoms with E-state index in [9.17, 15) is 0 Å². The van der Waals surface area contributed by atoms with E-state index in [0.29, 0.717) is 11.4 Å². The molecule has 2 atom stereocenters. The lowest BCUT2D eigenvalue weighted by molar-refractivity contribution is 0.611. The summed E-state index contributed by atoms with van der Waals surface area (Å²) in [6, 6.07) is 11.2. The van der Waals surface area contributed by atoms with Gasteiger partial charge in [-0.05, 0) is 12.0 Å². The predicted molar refractivity (Wildman–Crippen MR) is 67.0 cm³/mol. The number of thioether (sulfide) groups is 1. The first-order valence-corrected chi connectivity index (χ1v) is 6.27. The second-order valence-electron chi connectivity index (χ2n) is 3.44. The average molecular weight is 223 g/mol. The molecule has 1 aliphatic heterocycles. The Labute approximate surface area is 94.3 Å². The summed E-state index contributed by atoms with van der Waals surface area (Å²) in [7, 11) is 0. The highest BCUT2D eigenvalue weighted by molar-refractivity contribution is 8.01. The lowest BCUT2D eigenvalue weighted by Crippen LogP contribution is -2.31. The van der Waals surface area contributed by atoms with E-state index in [2.05, 4.69) is 35.6 Å². The second kappa shape index (κ2) is 4.91. The van der Waals surface area contributed by atoms with Crippen molar-refractivity contribution in [1.29, 1.82) is 0 Å². The van der Waals surface area contributed by atoms with Gasteiger partial charge in [0.15, 0.2) is 0 Å². The van der Waals surface area contributed by atoms with Gasteiger partial charge in [0.1, 0.15) is 0 Å². The molecule has 2 rings (SSSR count). The van der Waals surface area contributed by atoms with Crippen LogP contribution in [0.4, 0.5) is 0 Å². The first-order valence-electron chi connectivity index (χ1n) is 4.75. The minimum Gasteiger partial charge on any atom is -0.297 e. The minimum atomic E-state index is 0.374. The summed E-state index contributed by atoms with van der Waals surface area (Å²) in [6.45, 7) is 0. The van der Waals surface area contributed by atoms with Crippen LogP contribution in [-0.2, 0) is 6.42 Å². The van der Waals surface area contributed by atoms with Crippen LogP contribution in [0.25, 0.3) is 0 Å². The Balaban J connectivity index is 1.90. The van der Waals surface area contributed by atoms with Crippen LogP contribution in [0.3, 0.4) is 0 Å². The van der Waals surface area contributed by atoms with Crippen molar-refractivity contribution in [3.8, 4) is 0 Å². The Morgan fingerprint density at radius 2 is 2.21 bits per heavy atom. The molecule has 0 amide bonds. The van der Waals surface area contributed by atoms with E-state index in [-0.39, 0.29) is 0 Å². The number of nitrogens with one attached hydrogen (secondary N) is 1. The van der Waals surface area contributed by atoms with E-state index in [1.165, 1.54) is 5.56 Å². The highest BCUT2D eigenvalue weighted by atomic mass is 32.2. The third kappa shape index (κ3) is 2.56. The van der Waals surface area contributed by atoms with Crippen molar-refractivity contribution in [2.75, 3.05) is 5.75 Å². The molecule has 0 aliphatic carbocycles. The summed E-state index contributed by atoms with van der Waals surface area (Å²) in [4.78, 5) is 0. The third-order valence-electron chi connectivity index (χ3n) is 2.33. The van der Waals surface area contributed by atoms with Gasteiger partial charge in [-0.25, -0.2) is 0 Å². The van der Waals surface area contributed by atoms with Crippen molar-refractivity contribution >= 4 is 29.3 Å². The monoisotopic (exact) mass is 223 g/mol. The molecular weight excluding hydrogens is 210 g/mol. The molecule has 1 saturated heterocycles. The van der Waals surface area contributed by atoms with E-state index < -0.39 is 0 Å². The molecule has 0 bridgehead atoms. The standard InChI is InChI=1S/C11H13NS2/c13-7-11-12-10(8-14-11)6-9-4-2-1-3-5-9/h1-5,7,10-12H,6,8H2/t10-,11?/m0/s1. The zero-order valence-corrected chi connectivity index (χ0v) is 9.48. The number of hydrogen-bond acceptors (Lipinski definition) is 3. The third-order valence-corrected chi connectivity index (χ3v) is 4.00. The van der Waals surface area contributed by atoms with Gasteiger partial charge in [-0.3, -0.25) is 5.32 Å². The summed E-state index contributed by atoms with van der Waals surface area (Å²) in [6.07, 6.45) is 1.10. The maximum atomic E-state index is 4.92. The van der Waals surface area contributed by atoms with Crippen molar-refractivity contribution in [3.05, 3.63) is 35.9 Å². The first kappa shape index (κ1) is 10.1. The van der Waals surface area contributed by atoms with Crippen molar-refractivity contribution in [1.82, 2.24) is 5.32 Å². The van der Waals surface area contributed by atoms with Gasteiger partial charge in [0.25, 0.3) is 0 Å². The topological polar surface area (TPSA) is 12.0 Å². The molecule has 14 heavy (non-hydrogen) atoms. The molecule has 1 nitrogen and oxygen atoms in total. The summed E-state index contributed by atoms with van der Waals surface area (Å²) in [5.41, 5.74) is 1.40. The smallest absolute Gasteiger partial charge is 0.0825 e. The van der Waals surface area contributed by atoms with Crippen molar-refractivity contribution in [2.45, 2.75) is 17.8 Å². The molecule has 1 aliphatic rings. The van der Waals surface area contributed by atoms with Crippen molar-refractivity contribution in [3.63, 3.8) is 0 Å². The van der Waals surface area contributed by atoms with Gasteiger partial charge in [-0.2, -0.15) is 0 Å². The van der Waals surface area contributed by atoms with Gasteiger partial charge in [-0.15, -0.1) is 11.8 Å². The highest BCUT2D eigenvalue weighted by Crippen LogP contribution is 2.19. The largest absolute Gasteiger partial charge is 0.297 e. The summed E-state index contributed by atoms with van der Waals surface area (Å²) < 4.78 is 0. The van der Waals surface area contributed by atoms with E-state index in [4.69, 9.17) is 12.2 Å². The fourth-order valence-electron chi connectivity index (χ4n) is 1.64. The second-order valence-corrected chi connectivity index (χ2v) is 4.89. The molecule has 1 fully saturated rings. The molecule has 0 spiro atoms. The SMILES string of the molecule is S=CC1N[C@@H](Cc2ccccc2)CS1. The molecule has 3 heteroatoms. The van der Waals surface area contributed by atoms with Gasteiger partial charge in [0, 0.05) is 17.2 Å². The zero-order chi connectivity index (χ0) is 9.80. The number of thiocarbonyl (C=S) groups is 1. The molecule has 1 heterocycles. The normalized spacial score (nSPS) is 26.3. The Morgan fingerprint density at radius 3 is 2.86 bits per heavy atom. The molecule has 0 aromatic heterocycles. The Bertz CT molecular complexity index is 299. The highest BCUT2D eigenvalue weighted by Gasteiger charge is 2.22. The minimum absolute atomic E-state index is 0.374. The fraction of sp³-hybridized carbons (Fsp3) is 0.364. The molecule has 74 valence electrons. The zero-order valence-electron chi connectivity index (χ0n) is 7.85. The lowest BCUT2D eigenvalue weighted by Gasteiger charge is -2.10. The fourth-order valence-corrected chi connectivity index (χ4v) is 2.98. The van der Waals surface area contributed by atoms with E-state index in [0.717, 1.165) is 12.2 Å². The number of hydrogen-bond donors (Lipinski definition) is 1. The Kier molecular flexibility index (Phi) is 3.56. The molecule has 1 aromatic rings. The van der Waals surface area contributed by atoms with Crippen molar-refractivity contribution < 1.29 is 0 Å². The lowest BCUT2D eigenvalue weighted by atomic mass is 10.1. The molecule has 1 unspecified atom stereocenters. The van der Waals surface area contributed by atoms with Crippen LogP contribution in [0.15, 0.2) is 30.3 Å². The number of rotatable bonds is 3. The van der Waals surface area contributed by atoms with E-state index in [1.807, 2.05) is 17.1 Å². The van der Waals surface area contributed by atoms with Crippen LogP contribution in [0.5, 0.6) is 0 Å². The molecule has 1 N–H and O–H groups in total. The maximum absolute atomic E-state index is 4.92. The van der Waals surface area contributed by atoms with Gasteiger partial charge in [-0.1, -0.05) is 42.5 Å². The molecular formula is C11H13NS2. The van der Waals surface area contributed by atoms with Gasteiger partial charge in [0.05, 0.1) is 5.37 Å². The maximum Gasteiger partial charge on any atom is 0.0825 e. The summed E-state index contributed by atoms with van der Waals surface area (Å²) >= 11 is 6.82. The van der Waals surface area contributed by atoms with Gasteiger partial charge >= 0.3 is 0 Å². The predicted octanol–water partition coefficient (Wildman–Crippen LogP) is 2.26. The first-order chi connectivity index (χ1) is 6.88. The quantitative estimate of drug-likeness (QED) is 0.790. The van der Waals surface area contributed by atoms with Crippen LogP contribution in [0.2, 0.25) is 0 Å². The van der Waals surface area contributed by atoms with Crippen molar-refractivity contribution in [2.24, 2.45) is 0 Å². The molecule has 0 radical (unpaired) electrons. The Morgan fingerprint density at radius 1 is 1.43 bits per heavy atom. The summed E-state index contributed by atoms with van der Waals surface area (Å²) in [5, 5.41) is 5.68. The molecule has 1 aromatic carbocycles. The van der Waals surface area contributed by atoms with Gasteiger partial charge in [0.2, 0.25) is 0 Å².